The summed E-state index contributed by atoms with van der Waals surface area (Å²) in [7, 11) is -3.00. The van der Waals surface area contributed by atoms with E-state index in [0.29, 0.717) is 32.5 Å². The first-order valence-electron chi connectivity index (χ1n) is 8.78. The Balaban J connectivity index is 2.51. The molecule has 1 saturated heterocycles. The van der Waals surface area contributed by atoms with Gasteiger partial charge in [0.1, 0.15) is 6.10 Å². The molecule has 9 heteroatoms. The van der Waals surface area contributed by atoms with Crippen molar-refractivity contribution in [2.45, 2.75) is 45.6 Å². The molecule has 1 heterocycles. The van der Waals surface area contributed by atoms with Crippen LogP contribution in [-0.2, 0) is 14.6 Å². The number of amides is 1. The predicted molar refractivity (Wildman–Crippen MR) is 92.3 cm³/mol. The number of halogens is 2. The van der Waals surface area contributed by atoms with E-state index in [2.05, 4.69) is 5.32 Å². The molecular formula is C16H30F2N2O4S. The molecule has 6 nitrogen and oxygen atoms in total. The van der Waals surface area contributed by atoms with E-state index in [9.17, 15) is 27.1 Å². The molecular weight excluding hydrogens is 354 g/mol. The molecule has 2 N–H and O–H groups in total. The van der Waals surface area contributed by atoms with E-state index in [-0.39, 0.29) is 24.0 Å². The Hall–Kier alpha value is -0.800. The van der Waals surface area contributed by atoms with E-state index in [0.717, 1.165) is 0 Å². The standard InChI is InChI=1S/C16H30F2N2O4S/c1-4-5-13(12(2)3)14(21)16(17,18)15(22)19-6-7-20-8-10-25(23,24)11-9-20/h12-14,21H,4-11H2,1-3H3,(H,19,22)/t13-,14?/m0/s1. The van der Waals surface area contributed by atoms with Gasteiger partial charge in [-0.25, -0.2) is 8.42 Å². The van der Waals surface area contributed by atoms with Crippen molar-refractivity contribution in [3.05, 3.63) is 0 Å². The lowest BCUT2D eigenvalue weighted by molar-refractivity contribution is -0.172. The number of nitrogens with zero attached hydrogens (tertiary/aromatic N) is 1. The molecule has 0 saturated carbocycles. The number of aliphatic hydroxyl groups excluding tert-OH is 1. The zero-order valence-electron chi connectivity index (χ0n) is 15.2. The Morgan fingerprint density at radius 3 is 2.32 bits per heavy atom. The molecule has 2 atom stereocenters. The normalized spacial score (nSPS) is 21.1. The molecule has 0 spiro atoms. The van der Waals surface area contributed by atoms with Crippen LogP contribution in [0.15, 0.2) is 0 Å². The topological polar surface area (TPSA) is 86.7 Å². The Labute approximate surface area is 148 Å². The van der Waals surface area contributed by atoms with Gasteiger partial charge < -0.3 is 10.4 Å². The van der Waals surface area contributed by atoms with Gasteiger partial charge in [0.05, 0.1) is 11.5 Å². The number of hydrogen-bond donors (Lipinski definition) is 2. The number of carbonyl (C=O) groups excluding carboxylic acids is 1. The lowest BCUT2D eigenvalue weighted by atomic mass is 9.83. The minimum Gasteiger partial charge on any atom is -0.386 e. The highest BCUT2D eigenvalue weighted by atomic mass is 32.2. The number of hydrogen-bond acceptors (Lipinski definition) is 5. The molecule has 1 aliphatic heterocycles. The summed E-state index contributed by atoms with van der Waals surface area (Å²) >= 11 is 0. The summed E-state index contributed by atoms with van der Waals surface area (Å²) in [5.41, 5.74) is 0. The Kier molecular flexibility index (Phi) is 8.21. The third-order valence-corrected chi connectivity index (χ3v) is 6.32. The summed E-state index contributed by atoms with van der Waals surface area (Å²) in [6.45, 7) is 6.31. The van der Waals surface area contributed by atoms with Gasteiger partial charge in [0, 0.05) is 26.2 Å². The average Bonchev–Trinajstić information content (AvgIpc) is 2.53. The van der Waals surface area contributed by atoms with Crippen molar-refractivity contribution in [1.29, 1.82) is 0 Å². The molecule has 0 aromatic heterocycles. The molecule has 1 unspecified atom stereocenters. The first kappa shape index (κ1) is 22.2. The fourth-order valence-corrected chi connectivity index (χ4v) is 4.29. The van der Waals surface area contributed by atoms with E-state index in [1.54, 1.807) is 13.8 Å². The number of alkyl halides is 2. The maximum absolute atomic E-state index is 14.3. The molecule has 1 aliphatic rings. The molecule has 0 aliphatic carbocycles. The van der Waals surface area contributed by atoms with Crippen LogP contribution >= 0.6 is 0 Å². The Morgan fingerprint density at radius 1 is 1.28 bits per heavy atom. The Bertz CT molecular complexity index is 526. The second kappa shape index (κ2) is 9.23. The summed E-state index contributed by atoms with van der Waals surface area (Å²) in [4.78, 5) is 13.7. The van der Waals surface area contributed by atoms with Crippen LogP contribution in [0.2, 0.25) is 0 Å². The lowest BCUT2D eigenvalue weighted by Gasteiger charge is -2.31. The SMILES string of the molecule is CCC[C@@H](C(C)C)C(O)C(F)(F)C(=O)NCCN1CCS(=O)(=O)CC1. The summed E-state index contributed by atoms with van der Waals surface area (Å²) in [6, 6.07) is 0. The van der Waals surface area contributed by atoms with Gasteiger partial charge in [-0.05, 0) is 18.3 Å². The van der Waals surface area contributed by atoms with Crippen LogP contribution in [0.25, 0.3) is 0 Å². The van der Waals surface area contributed by atoms with Crippen LogP contribution in [0, 0.1) is 11.8 Å². The number of aliphatic hydroxyl groups is 1. The van der Waals surface area contributed by atoms with Gasteiger partial charge in [0.25, 0.3) is 5.91 Å². The molecule has 25 heavy (non-hydrogen) atoms. The van der Waals surface area contributed by atoms with Crippen LogP contribution < -0.4 is 5.32 Å². The predicted octanol–water partition coefficient (Wildman–Crippen LogP) is 0.902. The van der Waals surface area contributed by atoms with Crippen molar-refractivity contribution in [2.24, 2.45) is 11.8 Å². The van der Waals surface area contributed by atoms with Gasteiger partial charge in [-0.15, -0.1) is 0 Å². The minimum absolute atomic E-state index is 0.0126. The summed E-state index contributed by atoms with van der Waals surface area (Å²) in [5, 5.41) is 12.2. The molecule has 1 rings (SSSR count). The lowest BCUT2D eigenvalue weighted by Crippen LogP contribution is -2.53. The number of nitrogens with one attached hydrogen (secondary N) is 1. The zero-order chi connectivity index (χ0) is 19.3. The van der Waals surface area contributed by atoms with Gasteiger partial charge in [-0.3, -0.25) is 9.69 Å². The second-order valence-electron chi connectivity index (χ2n) is 7.01. The minimum atomic E-state index is -3.85. The fourth-order valence-electron chi connectivity index (χ4n) is 3.01. The molecule has 0 aromatic carbocycles. The zero-order valence-corrected chi connectivity index (χ0v) is 16.0. The van der Waals surface area contributed by atoms with Crippen molar-refractivity contribution in [3.63, 3.8) is 0 Å². The first-order chi connectivity index (χ1) is 11.5. The van der Waals surface area contributed by atoms with E-state index in [4.69, 9.17) is 0 Å². The summed E-state index contributed by atoms with van der Waals surface area (Å²) in [6.07, 6.45) is -0.952. The summed E-state index contributed by atoms with van der Waals surface area (Å²) in [5.74, 6) is -6.06. The Morgan fingerprint density at radius 2 is 1.84 bits per heavy atom. The van der Waals surface area contributed by atoms with Crippen molar-refractivity contribution >= 4 is 15.7 Å². The highest BCUT2D eigenvalue weighted by Gasteiger charge is 2.50. The number of sulfone groups is 1. The van der Waals surface area contributed by atoms with Crippen LogP contribution in [0.4, 0.5) is 8.78 Å². The number of carbonyl (C=O) groups is 1. The van der Waals surface area contributed by atoms with Crippen molar-refractivity contribution in [3.8, 4) is 0 Å². The van der Waals surface area contributed by atoms with Crippen molar-refractivity contribution in [1.82, 2.24) is 10.2 Å². The smallest absolute Gasteiger partial charge is 0.349 e. The monoisotopic (exact) mass is 384 g/mol. The largest absolute Gasteiger partial charge is 0.386 e. The molecule has 0 radical (unpaired) electrons. The van der Waals surface area contributed by atoms with E-state index in [1.165, 1.54) is 0 Å². The van der Waals surface area contributed by atoms with Crippen LogP contribution in [0.3, 0.4) is 0 Å². The second-order valence-corrected chi connectivity index (χ2v) is 9.32. The van der Waals surface area contributed by atoms with E-state index >= 15 is 0 Å². The third-order valence-electron chi connectivity index (χ3n) is 4.71. The van der Waals surface area contributed by atoms with Crippen molar-refractivity contribution < 1.29 is 27.1 Å². The highest BCUT2D eigenvalue weighted by Crippen LogP contribution is 2.31. The third kappa shape index (κ3) is 6.45. The fraction of sp³-hybridized carbons (Fsp3) is 0.938. The molecule has 1 amide bonds. The van der Waals surface area contributed by atoms with Gasteiger partial charge in [0.15, 0.2) is 9.84 Å². The number of rotatable bonds is 9. The molecule has 1 fully saturated rings. The summed E-state index contributed by atoms with van der Waals surface area (Å²) < 4.78 is 51.2. The van der Waals surface area contributed by atoms with Gasteiger partial charge in [0.2, 0.25) is 0 Å². The van der Waals surface area contributed by atoms with E-state index in [1.807, 2.05) is 11.8 Å². The molecule has 0 aromatic rings. The molecule has 0 bridgehead atoms. The van der Waals surface area contributed by atoms with Crippen LogP contribution in [0.1, 0.15) is 33.6 Å². The highest BCUT2D eigenvalue weighted by molar-refractivity contribution is 7.91. The van der Waals surface area contributed by atoms with Crippen LogP contribution in [0.5, 0.6) is 0 Å². The average molecular weight is 384 g/mol. The van der Waals surface area contributed by atoms with E-state index < -0.39 is 33.7 Å². The van der Waals surface area contributed by atoms with Gasteiger partial charge >= 0.3 is 5.92 Å². The van der Waals surface area contributed by atoms with Crippen LogP contribution in [-0.4, -0.2) is 74.0 Å². The van der Waals surface area contributed by atoms with Gasteiger partial charge in [-0.2, -0.15) is 8.78 Å². The van der Waals surface area contributed by atoms with Gasteiger partial charge in [-0.1, -0.05) is 27.2 Å². The maximum atomic E-state index is 14.3. The first-order valence-corrected chi connectivity index (χ1v) is 10.6. The maximum Gasteiger partial charge on any atom is 0.349 e. The van der Waals surface area contributed by atoms with Crippen molar-refractivity contribution in [2.75, 3.05) is 37.7 Å². The molecule has 148 valence electrons. The quantitative estimate of drug-likeness (QED) is 0.617.